The van der Waals surface area contributed by atoms with Gasteiger partial charge in [-0.1, -0.05) is 13.5 Å². The molecule has 13 heavy (non-hydrogen) atoms. The van der Waals surface area contributed by atoms with Crippen molar-refractivity contribution < 1.29 is 4.74 Å². The summed E-state index contributed by atoms with van der Waals surface area (Å²) in [5, 5.41) is 4.17. The summed E-state index contributed by atoms with van der Waals surface area (Å²) in [6, 6.07) is 1.92. The highest BCUT2D eigenvalue weighted by Gasteiger charge is 2.01. The van der Waals surface area contributed by atoms with Crippen molar-refractivity contribution >= 4 is 0 Å². The Balaban J connectivity index is 2.50. The Bertz CT molecular complexity index is 282. The Morgan fingerprint density at radius 1 is 1.69 bits per heavy atom. The highest BCUT2D eigenvalue weighted by molar-refractivity contribution is 5.14. The Hall–Kier alpha value is -1.25. The molecule has 3 nitrogen and oxygen atoms in total. The molecule has 0 aromatic carbocycles. The van der Waals surface area contributed by atoms with Crippen molar-refractivity contribution in [1.29, 1.82) is 0 Å². The van der Waals surface area contributed by atoms with Gasteiger partial charge in [-0.15, -0.1) is 5.10 Å². The lowest BCUT2D eigenvalue weighted by Gasteiger charge is -2.02. The van der Waals surface area contributed by atoms with Crippen LogP contribution < -0.4 is 4.74 Å². The molecular formula is C10H16N2O. The standard InChI is InChI=1S/C10H16N2O/c1-5-8(2)7-13-10-6-9(3)12(4)11-10/h6H,2,5,7H2,1,3-4H3. The normalized spacial score (nSPS) is 10.1. The van der Waals surface area contributed by atoms with Crippen LogP contribution in [0.2, 0.25) is 0 Å². The molecular weight excluding hydrogens is 164 g/mol. The lowest BCUT2D eigenvalue weighted by atomic mass is 10.2. The van der Waals surface area contributed by atoms with E-state index in [0.717, 1.165) is 17.7 Å². The van der Waals surface area contributed by atoms with Crippen LogP contribution in [0.25, 0.3) is 0 Å². The number of aromatic nitrogens is 2. The molecule has 0 saturated carbocycles. The van der Waals surface area contributed by atoms with E-state index in [1.54, 1.807) is 4.68 Å². The summed E-state index contributed by atoms with van der Waals surface area (Å²) in [6.45, 7) is 8.48. The molecule has 0 aliphatic carbocycles. The zero-order valence-electron chi connectivity index (χ0n) is 8.50. The Morgan fingerprint density at radius 2 is 2.38 bits per heavy atom. The van der Waals surface area contributed by atoms with Crippen molar-refractivity contribution in [2.75, 3.05) is 6.61 Å². The van der Waals surface area contributed by atoms with Crippen molar-refractivity contribution in [3.05, 3.63) is 23.9 Å². The summed E-state index contributed by atoms with van der Waals surface area (Å²) in [5.74, 6) is 0.676. The van der Waals surface area contributed by atoms with Gasteiger partial charge in [0.2, 0.25) is 5.88 Å². The minimum absolute atomic E-state index is 0.562. The van der Waals surface area contributed by atoms with E-state index in [1.165, 1.54) is 0 Å². The van der Waals surface area contributed by atoms with Crippen LogP contribution in [-0.2, 0) is 7.05 Å². The number of ether oxygens (including phenoxy) is 1. The van der Waals surface area contributed by atoms with Gasteiger partial charge in [0.25, 0.3) is 0 Å². The maximum atomic E-state index is 5.43. The molecule has 0 amide bonds. The van der Waals surface area contributed by atoms with Gasteiger partial charge in [0.15, 0.2) is 0 Å². The fourth-order valence-electron chi connectivity index (χ4n) is 0.876. The van der Waals surface area contributed by atoms with Crippen LogP contribution in [-0.4, -0.2) is 16.4 Å². The highest BCUT2D eigenvalue weighted by Crippen LogP contribution is 2.10. The molecule has 0 N–H and O–H groups in total. The fraction of sp³-hybridized carbons (Fsp3) is 0.500. The number of hydrogen-bond acceptors (Lipinski definition) is 2. The second kappa shape index (κ2) is 4.12. The summed E-state index contributed by atoms with van der Waals surface area (Å²) >= 11 is 0. The van der Waals surface area contributed by atoms with Gasteiger partial charge in [-0.2, -0.15) is 0 Å². The number of rotatable bonds is 4. The first-order valence-electron chi connectivity index (χ1n) is 4.43. The highest BCUT2D eigenvalue weighted by atomic mass is 16.5. The number of nitrogens with zero attached hydrogens (tertiary/aromatic N) is 2. The molecule has 0 unspecified atom stereocenters. The Labute approximate surface area is 79.0 Å². The minimum Gasteiger partial charge on any atom is -0.472 e. The maximum absolute atomic E-state index is 5.43. The van der Waals surface area contributed by atoms with Gasteiger partial charge in [0.1, 0.15) is 6.61 Å². The van der Waals surface area contributed by atoms with E-state index < -0.39 is 0 Å². The van der Waals surface area contributed by atoms with E-state index in [-0.39, 0.29) is 0 Å². The maximum Gasteiger partial charge on any atom is 0.233 e. The van der Waals surface area contributed by atoms with Crippen LogP contribution >= 0.6 is 0 Å². The fourth-order valence-corrected chi connectivity index (χ4v) is 0.876. The van der Waals surface area contributed by atoms with E-state index in [1.807, 2.05) is 20.0 Å². The molecule has 0 atom stereocenters. The Kier molecular flexibility index (Phi) is 3.12. The first-order chi connectivity index (χ1) is 6.13. The van der Waals surface area contributed by atoms with Crippen molar-refractivity contribution in [3.63, 3.8) is 0 Å². The summed E-state index contributed by atoms with van der Waals surface area (Å²) in [6.07, 6.45) is 0.950. The molecule has 0 saturated heterocycles. The first kappa shape index (κ1) is 9.84. The third-order valence-corrected chi connectivity index (χ3v) is 2.02. The van der Waals surface area contributed by atoms with Crippen LogP contribution in [0.15, 0.2) is 18.2 Å². The quantitative estimate of drug-likeness (QED) is 0.663. The van der Waals surface area contributed by atoms with E-state index in [2.05, 4.69) is 18.6 Å². The van der Waals surface area contributed by atoms with Crippen molar-refractivity contribution in [2.45, 2.75) is 20.3 Å². The van der Waals surface area contributed by atoms with Crippen molar-refractivity contribution in [1.82, 2.24) is 9.78 Å². The van der Waals surface area contributed by atoms with Gasteiger partial charge in [-0.25, -0.2) is 0 Å². The molecule has 72 valence electrons. The molecule has 3 heteroatoms. The van der Waals surface area contributed by atoms with Crippen molar-refractivity contribution in [3.8, 4) is 5.88 Å². The molecule has 0 aliphatic heterocycles. The smallest absolute Gasteiger partial charge is 0.233 e. The second-order valence-corrected chi connectivity index (χ2v) is 3.14. The first-order valence-corrected chi connectivity index (χ1v) is 4.43. The molecule has 0 radical (unpaired) electrons. The predicted molar refractivity (Wildman–Crippen MR) is 52.9 cm³/mol. The van der Waals surface area contributed by atoms with Gasteiger partial charge < -0.3 is 4.74 Å². The molecule has 0 fully saturated rings. The van der Waals surface area contributed by atoms with Gasteiger partial charge in [0, 0.05) is 18.8 Å². The lowest BCUT2D eigenvalue weighted by molar-refractivity contribution is 0.331. The van der Waals surface area contributed by atoms with Crippen LogP contribution in [0.1, 0.15) is 19.0 Å². The molecule has 1 heterocycles. The average molecular weight is 180 g/mol. The minimum atomic E-state index is 0.562. The largest absolute Gasteiger partial charge is 0.472 e. The number of hydrogen-bond donors (Lipinski definition) is 0. The molecule has 0 bridgehead atoms. The van der Waals surface area contributed by atoms with E-state index in [0.29, 0.717) is 12.5 Å². The summed E-state index contributed by atoms with van der Waals surface area (Å²) in [7, 11) is 1.90. The van der Waals surface area contributed by atoms with E-state index >= 15 is 0 Å². The summed E-state index contributed by atoms with van der Waals surface area (Å²) in [4.78, 5) is 0. The monoisotopic (exact) mass is 180 g/mol. The molecule has 1 aromatic heterocycles. The third kappa shape index (κ3) is 2.61. The SMILES string of the molecule is C=C(CC)COc1cc(C)n(C)n1. The van der Waals surface area contributed by atoms with Crippen LogP contribution in [0.5, 0.6) is 5.88 Å². The van der Waals surface area contributed by atoms with Crippen molar-refractivity contribution in [2.24, 2.45) is 7.05 Å². The Morgan fingerprint density at radius 3 is 2.85 bits per heavy atom. The summed E-state index contributed by atoms with van der Waals surface area (Å²) < 4.78 is 7.22. The molecule has 1 aromatic rings. The van der Waals surface area contributed by atoms with Gasteiger partial charge in [0.05, 0.1) is 0 Å². The van der Waals surface area contributed by atoms with Crippen LogP contribution in [0.4, 0.5) is 0 Å². The molecule has 1 rings (SSSR count). The van der Waals surface area contributed by atoms with Gasteiger partial charge in [-0.05, 0) is 18.9 Å². The zero-order chi connectivity index (χ0) is 9.84. The van der Waals surface area contributed by atoms with Gasteiger partial charge in [-0.3, -0.25) is 4.68 Å². The zero-order valence-corrected chi connectivity index (χ0v) is 8.50. The molecule has 0 aliphatic rings. The van der Waals surface area contributed by atoms with E-state index in [9.17, 15) is 0 Å². The average Bonchev–Trinajstić information content (AvgIpc) is 2.42. The van der Waals surface area contributed by atoms with E-state index in [4.69, 9.17) is 4.74 Å². The predicted octanol–water partition coefficient (Wildman–Crippen LogP) is 2.07. The van der Waals surface area contributed by atoms with Crippen LogP contribution in [0, 0.1) is 6.92 Å². The second-order valence-electron chi connectivity index (χ2n) is 3.14. The van der Waals surface area contributed by atoms with Gasteiger partial charge >= 0.3 is 0 Å². The summed E-state index contributed by atoms with van der Waals surface area (Å²) in [5.41, 5.74) is 2.18. The molecule has 0 spiro atoms. The third-order valence-electron chi connectivity index (χ3n) is 2.02. The number of aryl methyl sites for hydroxylation is 2. The lowest BCUT2D eigenvalue weighted by Crippen LogP contribution is -2.00. The van der Waals surface area contributed by atoms with Crippen LogP contribution in [0.3, 0.4) is 0 Å². The topological polar surface area (TPSA) is 27.1 Å².